The fourth-order valence-corrected chi connectivity index (χ4v) is 3.03. The summed E-state index contributed by atoms with van der Waals surface area (Å²) in [5.41, 5.74) is 1.66. The molecule has 0 N–H and O–H groups in total. The number of aldehydes is 1. The van der Waals surface area contributed by atoms with Gasteiger partial charge >= 0.3 is 0 Å². The molecule has 4 heteroatoms. The second kappa shape index (κ2) is 5.67. The van der Waals surface area contributed by atoms with Gasteiger partial charge in [0.1, 0.15) is 0 Å². The lowest BCUT2D eigenvalue weighted by Gasteiger charge is -2.27. The number of thiophene rings is 1. The van der Waals surface area contributed by atoms with Crippen molar-refractivity contribution in [3.8, 4) is 0 Å². The summed E-state index contributed by atoms with van der Waals surface area (Å²) in [6, 6.07) is 10.1. The molecular weight excluding hydrogens is 310 g/mol. The minimum Gasteiger partial charge on any atom is -0.366 e. The van der Waals surface area contributed by atoms with Gasteiger partial charge in [0, 0.05) is 27.6 Å². The van der Waals surface area contributed by atoms with Crippen molar-refractivity contribution < 1.29 is 4.79 Å². The minimum atomic E-state index is 0.248. The first-order chi connectivity index (χ1) is 8.63. The van der Waals surface area contributed by atoms with E-state index in [0.717, 1.165) is 16.4 Å². The van der Waals surface area contributed by atoms with Crippen LogP contribution in [0.25, 0.3) is 0 Å². The number of anilines is 1. The Bertz CT molecular complexity index is 539. The Balaban J connectivity index is 2.36. The summed E-state index contributed by atoms with van der Waals surface area (Å²) in [5.74, 6) is 0. The normalized spacial score (nSPS) is 12.2. The van der Waals surface area contributed by atoms with E-state index >= 15 is 0 Å². The van der Waals surface area contributed by atoms with Gasteiger partial charge in [-0.05, 0) is 36.6 Å². The van der Waals surface area contributed by atoms with Crippen LogP contribution in [-0.4, -0.2) is 13.3 Å². The van der Waals surface area contributed by atoms with Gasteiger partial charge in [-0.25, -0.2) is 0 Å². The zero-order valence-corrected chi connectivity index (χ0v) is 12.7. The summed E-state index contributed by atoms with van der Waals surface area (Å²) in [6.45, 7) is 2.14. The maximum Gasteiger partial charge on any atom is 0.152 e. The van der Waals surface area contributed by atoms with Crippen LogP contribution in [0.2, 0.25) is 0 Å². The molecule has 0 saturated heterocycles. The van der Waals surface area contributed by atoms with E-state index in [0.29, 0.717) is 5.56 Å². The molecular formula is C14H14BrNOS. The standard InChI is InChI=1S/C14H14BrNOS/c1-10(14-4-3-7-18-14)16(2)13-8-12(15)6-5-11(13)9-17/h3-10H,1-2H3. The summed E-state index contributed by atoms with van der Waals surface area (Å²) >= 11 is 5.18. The average Bonchev–Trinajstić information content (AvgIpc) is 2.90. The highest BCUT2D eigenvalue weighted by atomic mass is 79.9. The van der Waals surface area contributed by atoms with Crippen molar-refractivity contribution >= 4 is 39.2 Å². The molecule has 2 aromatic rings. The van der Waals surface area contributed by atoms with Gasteiger partial charge in [-0.3, -0.25) is 4.79 Å². The molecule has 0 aliphatic heterocycles. The molecule has 1 unspecified atom stereocenters. The number of benzene rings is 1. The lowest BCUT2D eigenvalue weighted by Crippen LogP contribution is -2.22. The average molecular weight is 324 g/mol. The van der Waals surface area contributed by atoms with Crippen LogP contribution in [0.1, 0.15) is 28.2 Å². The molecule has 1 aromatic carbocycles. The van der Waals surface area contributed by atoms with Gasteiger partial charge in [0.05, 0.1) is 6.04 Å². The molecule has 0 bridgehead atoms. The zero-order valence-electron chi connectivity index (χ0n) is 10.3. The number of hydrogen-bond acceptors (Lipinski definition) is 3. The SMILES string of the molecule is CC(c1cccs1)N(C)c1cc(Br)ccc1C=O. The van der Waals surface area contributed by atoms with Crippen molar-refractivity contribution in [3.63, 3.8) is 0 Å². The molecule has 1 atom stereocenters. The minimum absolute atomic E-state index is 0.248. The van der Waals surface area contributed by atoms with Gasteiger partial charge in [-0.2, -0.15) is 0 Å². The molecule has 2 nitrogen and oxygen atoms in total. The molecule has 18 heavy (non-hydrogen) atoms. The van der Waals surface area contributed by atoms with Gasteiger partial charge in [0.2, 0.25) is 0 Å². The Morgan fingerprint density at radius 3 is 2.78 bits per heavy atom. The van der Waals surface area contributed by atoms with Crippen molar-refractivity contribution in [2.75, 3.05) is 11.9 Å². The van der Waals surface area contributed by atoms with Crippen molar-refractivity contribution in [2.24, 2.45) is 0 Å². The molecule has 0 amide bonds. The Kier molecular flexibility index (Phi) is 4.19. The highest BCUT2D eigenvalue weighted by Gasteiger charge is 2.16. The van der Waals surface area contributed by atoms with Crippen LogP contribution in [0.4, 0.5) is 5.69 Å². The van der Waals surface area contributed by atoms with Crippen molar-refractivity contribution in [3.05, 3.63) is 50.6 Å². The molecule has 2 rings (SSSR count). The van der Waals surface area contributed by atoms with E-state index in [1.807, 2.05) is 31.3 Å². The van der Waals surface area contributed by atoms with E-state index in [9.17, 15) is 4.79 Å². The first kappa shape index (κ1) is 13.3. The first-order valence-corrected chi connectivity index (χ1v) is 7.31. The van der Waals surface area contributed by atoms with Gasteiger partial charge in [0.25, 0.3) is 0 Å². The van der Waals surface area contributed by atoms with Crippen LogP contribution in [-0.2, 0) is 0 Å². The number of hydrogen-bond donors (Lipinski definition) is 0. The van der Waals surface area contributed by atoms with Crippen molar-refractivity contribution in [1.82, 2.24) is 0 Å². The van der Waals surface area contributed by atoms with Crippen LogP contribution >= 0.6 is 27.3 Å². The topological polar surface area (TPSA) is 20.3 Å². The Morgan fingerprint density at radius 1 is 1.39 bits per heavy atom. The van der Waals surface area contributed by atoms with E-state index in [1.165, 1.54) is 4.88 Å². The summed E-state index contributed by atoms with van der Waals surface area (Å²) in [6.07, 6.45) is 0.902. The zero-order chi connectivity index (χ0) is 13.1. The smallest absolute Gasteiger partial charge is 0.152 e. The predicted octanol–water partition coefficient (Wildman–Crippen LogP) is 4.52. The maximum absolute atomic E-state index is 11.1. The molecule has 0 radical (unpaired) electrons. The van der Waals surface area contributed by atoms with Crippen molar-refractivity contribution in [2.45, 2.75) is 13.0 Å². The molecule has 0 aliphatic rings. The van der Waals surface area contributed by atoms with Crippen LogP contribution in [0, 0.1) is 0 Å². The Labute approximate surface area is 119 Å². The fraction of sp³-hybridized carbons (Fsp3) is 0.214. The number of carbonyl (C=O) groups excluding carboxylic acids is 1. The highest BCUT2D eigenvalue weighted by Crippen LogP contribution is 2.31. The predicted molar refractivity (Wildman–Crippen MR) is 80.7 cm³/mol. The summed E-state index contributed by atoms with van der Waals surface area (Å²) in [7, 11) is 2.01. The van der Waals surface area contributed by atoms with E-state index in [2.05, 4.69) is 39.2 Å². The van der Waals surface area contributed by atoms with Crippen LogP contribution in [0.5, 0.6) is 0 Å². The van der Waals surface area contributed by atoms with E-state index < -0.39 is 0 Å². The second-order valence-corrected chi connectivity index (χ2v) is 6.02. The fourth-order valence-electron chi connectivity index (χ4n) is 1.85. The second-order valence-electron chi connectivity index (χ2n) is 4.12. The molecule has 0 saturated carbocycles. The van der Waals surface area contributed by atoms with E-state index in [4.69, 9.17) is 0 Å². The highest BCUT2D eigenvalue weighted by molar-refractivity contribution is 9.10. The quantitative estimate of drug-likeness (QED) is 0.771. The summed E-state index contributed by atoms with van der Waals surface area (Å²) < 4.78 is 0.980. The van der Waals surface area contributed by atoms with Gasteiger partial charge < -0.3 is 4.90 Å². The van der Waals surface area contributed by atoms with Crippen molar-refractivity contribution in [1.29, 1.82) is 0 Å². The molecule has 0 aliphatic carbocycles. The monoisotopic (exact) mass is 323 g/mol. The summed E-state index contributed by atoms with van der Waals surface area (Å²) in [5, 5.41) is 2.07. The maximum atomic E-state index is 11.1. The third-order valence-corrected chi connectivity index (χ3v) is 4.57. The molecule has 94 valence electrons. The molecule has 1 aromatic heterocycles. The van der Waals surface area contributed by atoms with E-state index in [1.54, 1.807) is 11.3 Å². The first-order valence-electron chi connectivity index (χ1n) is 5.64. The van der Waals surface area contributed by atoms with Gasteiger partial charge in [-0.1, -0.05) is 22.0 Å². The Morgan fingerprint density at radius 2 is 2.17 bits per heavy atom. The number of halogens is 1. The Hall–Kier alpha value is -1.13. The lowest BCUT2D eigenvalue weighted by atomic mass is 10.1. The van der Waals surface area contributed by atoms with E-state index in [-0.39, 0.29) is 6.04 Å². The van der Waals surface area contributed by atoms with Gasteiger partial charge in [-0.15, -0.1) is 11.3 Å². The number of nitrogens with zero attached hydrogens (tertiary/aromatic N) is 1. The number of rotatable bonds is 4. The molecule has 0 fully saturated rings. The largest absolute Gasteiger partial charge is 0.366 e. The summed E-state index contributed by atoms with van der Waals surface area (Å²) in [4.78, 5) is 14.5. The van der Waals surface area contributed by atoms with Gasteiger partial charge in [0.15, 0.2) is 6.29 Å². The third kappa shape index (κ3) is 2.65. The van der Waals surface area contributed by atoms with Crippen LogP contribution < -0.4 is 4.90 Å². The third-order valence-electron chi connectivity index (χ3n) is 3.04. The van der Waals surface area contributed by atoms with Crippen LogP contribution in [0.15, 0.2) is 40.2 Å². The molecule has 1 heterocycles. The molecule has 0 spiro atoms. The van der Waals surface area contributed by atoms with Crippen LogP contribution in [0.3, 0.4) is 0 Å². The lowest BCUT2D eigenvalue weighted by molar-refractivity contribution is 0.112. The number of carbonyl (C=O) groups is 1.